The number of fused-ring (bicyclic) bond motifs is 1. The first-order valence-corrected chi connectivity index (χ1v) is 14.3. The number of amides is 1. The highest BCUT2D eigenvalue weighted by atomic mass is 19.4. The van der Waals surface area contributed by atoms with E-state index < -0.39 is 17.6 Å². The minimum absolute atomic E-state index is 0.0915. The van der Waals surface area contributed by atoms with Gasteiger partial charge >= 0.3 is 6.18 Å². The molecule has 0 aliphatic carbocycles. The molecule has 5 nitrogen and oxygen atoms in total. The van der Waals surface area contributed by atoms with Crippen LogP contribution in [0.1, 0.15) is 58.9 Å². The van der Waals surface area contributed by atoms with Crippen molar-refractivity contribution in [2.75, 3.05) is 38.5 Å². The smallest absolute Gasteiger partial charge is 0.322 e. The maximum Gasteiger partial charge on any atom is 0.416 e. The van der Waals surface area contributed by atoms with Gasteiger partial charge in [0.1, 0.15) is 0 Å². The van der Waals surface area contributed by atoms with Gasteiger partial charge in [0.25, 0.3) is 5.91 Å². The number of likely N-dealkylation sites (N-methyl/N-ethyl adjacent to an activating group) is 1. The van der Waals surface area contributed by atoms with E-state index in [0.717, 1.165) is 41.1 Å². The van der Waals surface area contributed by atoms with Gasteiger partial charge in [0.05, 0.1) is 11.1 Å². The van der Waals surface area contributed by atoms with Crippen LogP contribution in [0, 0.1) is 11.8 Å². The summed E-state index contributed by atoms with van der Waals surface area (Å²) in [5.74, 6) is 5.96. The predicted molar refractivity (Wildman–Crippen MR) is 165 cm³/mol. The van der Waals surface area contributed by atoms with Gasteiger partial charge in [-0.2, -0.15) is 13.2 Å². The van der Waals surface area contributed by atoms with Gasteiger partial charge in [0.2, 0.25) is 0 Å². The number of rotatable bonds is 4. The molecule has 0 spiro atoms. The Hall–Kier alpha value is -4.19. The molecule has 5 rings (SSSR count). The topological polar surface area (TPSA) is 48.5 Å². The van der Waals surface area contributed by atoms with E-state index in [9.17, 15) is 18.0 Å². The monoisotopic (exact) mass is 584 g/mol. The first-order chi connectivity index (χ1) is 20.4. The average Bonchev–Trinajstić information content (AvgIpc) is 2.96. The largest absolute Gasteiger partial charge is 0.416 e. The minimum atomic E-state index is -4.55. The zero-order chi connectivity index (χ0) is 30.8. The maximum absolute atomic E-state index is 14.1. The van der Waals surface area contributed by atoms with Crippen LogP contribution in [-0.4, -0.2) is 53.9 Å². The molecule has 1 aliphatic rings. The number of hydrogen-bond acceptors (Lipinski definition) is 4. The van der Waals surface area contributed by atoms with Crippen molar-refractivity contribution in [1.29, 1.82) is 0 Å². The molecule has 1 amide bonds. The molecule has 1 N–H and O–H groups in total. The fourth-order valence-corrected chi connectivity index (χ4v) is 5.30. The van der Waals surface area contributed by atoms with Crippen molar-refractivity contribution in [3.63, 3.8) is 0 Å². The van der Waals surface area contributed by atoms with E-state index in [-0.39, 0.29) is 23.2 Å². The lowest BCUT2D eigenvalue weighted by Crippen LogP contribution is -2.44. The number of pyridine rings is 1. The van der Waals surface area contributed by atoms with E-state index in [0.29, 0.717) is 24.2 Å². The zero-order valence-corrected chi connectivity index (χ0v) is 24.8. The number of nitrogens with zero attached hydrogens (tertiary/aromatic N) is 3. The first kappa shape index (κ1) is 30.3. The lowest BCUT2D eigenvalue weighted by molar-refractivity contribution is -0.138. The Labute approximate surface area is 250 Å². The quantitative estimate of drug-likeness (QED) is 0.264. The Bertz CT molecular complexity index is 1700. The minimum Gasteiger partial charge on any atom is -0.322 e. The average molecular weight is 585 g/mol. The van der Waals surface area contributed by atoms with Crippen LogP contribution in [0.5, 0.6) is 0 Å². The number of piperazine rings is 1. The molecule has 2 heterocycles. The van der Waals surface area contributed by atoms with E-state index in [1.54, 1.807) is 24.5 Å². The Morgan fingerprint density at radius 2 is 1.60 bits per heavy atom. The summed E-state index contributed by atoms with van der Waals surface area (Å²) in [5.41, 5.74) is 2.01. The summed E-state index contributed by atoms with van der Waals surface area (Å²) in [6.45, 7) is 9.44. The molecule has 0 unspecified atom stereocenters. The van der Waals surface area contributed by atoms with Crippen molar-refractivity contribution in [1.82, 2.24) is 14.8 Å². The van der Waals surface area contributed by atoms with Crippen LogP contribution in [-0.2, 0) is 18.1 Å². The molecule has 0 saturated carbocycles. The summed E-state index contributed by atoms with van der Waals surface area (Å²) in [4.78, 5) is 21.8. The van der Waals surface area contributed by atoms with Gasteiger partial charge in [-0.3, -0.25) is 14.7 Å². The third-order valence-electron chi connectivity index (χ3n) is 7.75. The van der Waals surface area contributed by atoms with Crippen molar-refractivity contribution in [3.8, 4) is 11.8 Å². The molecule has 0 atom stereocenters. The van der Waals surface area contributed by atoms with Crippen LogP contribution >= 0.6 is 0 Å². The van der Waals surface area contributed by atoms with Gasteiger partial charge in [-0.25, -0.2) is 0 Å². The van der Waals surface area contributed by atoms with Crippen molar-refractivity contribution in [2.45, 2.75) is 38.9 Å². The van der Waals surface area contributed by atoms with Crippen LogP contribution < -0.4 is 5.32 Å². The highest BCUT2D eigenvalue weighted by Gasteiger charge is 2.34. The molecule has 0 radical (unpaired) electrons. The number of carbonyl (C=O) groups excluding carboxylic acids is 1. The standard InChI is InChI=1S/C35H35F3N4O/c1-34(2,3)31-14-12-25(19-24(31)9-10-27-22-39-21-26-7-5-6-8-30(26)27)33(43)40-29-13-11-28(32(20-29)35(36,37)38)23-42-17-15-41(4)16-18-42/h5-8,11-14,19-22H,15-18,23H2,1-4H3,(H,40,43). The summed E-state index contributed by atoms with van der Waals surface area (Å²) in [6.07, 6.45) is -1.04. The molecule has 222 valence electrons. The predicted octanol–water partition coefficient (Wildman–Crippen LogP) is 6.95. The highest BCUT2D eigenvalue weighted by molar-refractivity contribution is 6.04. The fourth-order valence-electron chi connectivity index (χ4n) is 5.30. The number of hydrogen-bond donors (Lipinski definition) is 1. The Balaban J connectivity index is 1.42. The van der Waals surface area contributed by atoms with Gasteiger partial charge in [-0.05, 0) is 47.9 Å². The summed E-state index contributed by atoms with van der Waals surface area (Å²) in [6, 6.07) is 17.1. The summed E-state index contributed by atoms with van der Waals surface area (Å²) in [7, 11) is 2.00. The van der Waals surface area contributed by atoms with Crippen molar-refractivity contribution >= 4 is 22.4 Å². The zero-order valence-electron chi connectivity index (χ0n) is 24.8. The number of halogens is 3. The highest BCUT2D eigenvalue weighted by Crippen LogP contribution is 2.35. The Morgan fingerprint density at radius 1 is 0.884 bits per heavy atom. The first-order valence-electron chi connectivity index (χ1n) is 14.3. The van der Waals surface area contributed by atoms with E-state index in [2.05, 4.69) is 47.8 Å². The SMILES string of the molecule is CN1CCN(Cc2ccc(NC(=O)c3ccc(C(C)(C)C)c(C#Cc4cncc5ccccc45)c3)cc2C(F)(F)F)CC1. The molecule has 8 heteroatoms. The van der Waals surface area contributed by atoms with Crippen molar-refractivity contribution in [2.24, 2.45) is 0 Å². The second-order valence-corrected chi connectivity index (χ2v) is 12.1. The van der Waals surface area contributed by atoms with Gasteiger partial charge < -0.3 is 10.2 Å². The Kier molecular flexibility index (Phi) is 8.59. The van der Waals surface area contributed by atoms with E-state index in [1.807, 2.05) is 42.3 Å². The van der Waals surface area contributed by atoms with E-state index >= 15 is 0 Å². The van der Waals surface area contributed by atoms with Gasteiger partial charge in [-0.15, -0.1) is 0 Å². The second kappa shape index (κ2) is 12.2. The molecule has 3 aromatic carbocycles. The molecule has 43 heavy (non-hydrogen) atoms. The number of anilines is 1. The number of alkyl halides is 3. The molecule has 1 aromatic heterocycles. The molecule has 4 aromatic rings. The number of aromatic nitrogens is 1. The van der Waals surface area contributed by atoms with Crippen LogP contribution in [0.2, 0.25) is 0 Å². The Morgan fingerprint density at radius 3 is 2.33 bits per heavy atom. The lowest BCUT2D eigenvalue weighted by Gasteiger charge is -2.33. The summed E-state index contributed by atoms with van der Waals surface area (Å²) in [5, 5.41) is 4.63. The van der Waals surface area contributed by atoms with Crippen LogP contribution in [0.15, 0.2) is 73.1 Å². The number of nitrogens with one attached hydrogen (secondary N) is 1. The van der Waals surface area contributed by atoms with E-state index in [1.165, 1.54) is 12.1 Å². The van der Waals surface area contributed by atoms with Crippen LogP contribution in [0.4, 0.5) is 18.9 Å². The van der Waals surface area contributed by atoms with Crippen LogP contribution in [0.25, 0.3) is 10.8 Å². The number of benzene rings is 3. The third kappa shape index (κ3) is 7.24. The molecule has 1 aliphatic heterocycles. The fraction of sp³-hybridized carbons (Fsp3) is 0.314. The van der Waals surface area contributed by atoms with Crippen molar-refractivity contribution in [3.05, 3.63) is 106 Å². The number of carbonyl (C=O) groups is 1. The third-order valence-corrected chi connectivity index (χ3v) is 7.75. The molecular formula is C35H35F3N4O. The van der Waals surface area contributed by atoms with Crippen LogP contribution in [0.3, 0.4) is 0 Å². The van der Waals surface area contributed by atoms with Crippen molar-refractivity contribution < 1.29 is 18.0 Å². The van der Waals surface area contributed by atoms with Gasteiger partial charge in [0, 0.05) is 72.7 Å². The normalized spacial score (nSPS) is 14.8. The second-order valence-electron chi connectivity index (χ2n) is 12.1. The van der Waals surface area contributed by atoms with Gasteiger partial charge in [-0.1, -0.05) is 69.0 Å². The van der Waals surface area contributed by atoms with E-state index in [4.69, 9.17) is 0 Å². The summed E-state index contributed by atoms with van der Waals surface area (Å²) < 4.78 is 42.2. The molecule has 0 bridgehead atoms. The molecule has 1 saturated heterocycles. The summed E-state index contributed by atoms with van der Waals surface area (Å²) >= 11 is 0. The van der Waals surface area contributed by atoms with Gasteiger partial charge in [0.15, 0.2) is 0 Å². The molecular weight excluding hydrogens is 549 g/mol. The molecule has 1 fully saturated rings. The maximum atomic E-state index is 14.1. The lowest BCUT2D eigenvalue weighted by atomic mass is 9.83.